The third kappa shape index (κ3) is 3.61. The standard InChI is InChI=1S/C21H20N4O2S/c1-24(15-8-3-2-4-9-15)13-7-12-22-20(27)18-14-19(26)25-17-11-6-5-10-16(17)23-21(25)28-18/h2-6,8-11,14H,7,12-13H2,1H3,(H,22,27). The van der Waals surface area contributed by atoms with Crippen molar-refractivity contribution in [1.29, 1.82) is 0 Å². The first-order valence-corrected chi connectivity index (χ1v) is 9.91. The summed E-state index contributed by atoms with van der Waals surface area (Å²) in [6.45, 7) is 1.36. The van der Waals surface area contributed by atoms with Crippen LogP contribution in [-0.4, -0.2) is 35.4 Å². The highest BCUT2D eigenvalue weighted by Crippen LogP contribution is 2.19. The van der Waals surface area contributed by atoms with E-state index in [4.69, 9.17) is 0 Å². The van der Waals surface area contributed by atoms with Crippen molar-refractivity contribution in [3.63, 3.8) is 0 Å². The fraction of sp³-hybridized carbons (Fsp3) is 0.190. The highest BCUT2D eigenvalue weighted by Gasteiger charge is 2.13. The van der Waals surface area contributed by atoms with E-state index in [9.17, 15) is 9.59 Å². The van der Waals surface area contributed by atoms with Crippen molar-refractivity contribution in [2.45, 2.75) is 6.42 Å². The Bertz CT molecular complexity index is 1180. The molecule has 2 heterocycles. The van der Waals surface area contributed by atoms with E-state index < -0.39 is 0 Å². The largest absolute Gasteiger partial charge is 0.375 e. The van der Waals surface area contributed by atoms with E-state index in [1.165, 1.54) is 17.4 Å². The number of nitrogens with zero attached hydrogens (tertiary/aromatic N) is 3. The maximum absolute atomic E-state index is 12.5. The van der Waals surface area contributed by atoms with Gasteiger partial charge in [0.15, 0.2) is 4.96 Å². The van der Waals surface area contributed by atoms with Crippen molar-refractivity contribution in [2.75, 3.05) is 25.0 Å². The number of benzene rings is 2. The lowest BCUT2D eigenvalue weighted by Crippen LogP contribution is -2.28. The number of para-hydroxylation sites is 3. The van der Waals surface area contributed by atoms with Gasteiger partial charge in [-0.25, -0.2) is 4.98 Å². The molecule has 0 bridgehead atoms. The second-order valence-electron chi connectivity index (χ2n) is 6.53. The maximum atomic E-state index is 12.5. The van der Waals surface area contributed by atoms with E-state index in [-0.39, 0.29) is 11.5 Å². The number of nitrogens with one attached hydrogen (secondary N) is 1. The lowest BCUT2D eigenvalue weighted by atomic mass is 10.3. The molecular weight excluding hydrogens is 372 g/mol. The molecule has 142 valence electrons. The third-order valence-corrected chi connectivity index (χ3v) is 5.56. The number of imidazole rings is 1. The van der Waals surface area contributed by atoms with Crippen LogP contribution in [0.4, 0.5) is 5.69 Å². The SMILES string of the molecule is CN(CCCNC(=O)c1cc(=O)n2c(nc3ccccc32)s1)c1ccccc1. The van der Waals surface area contributed by atoms with Crippen molar-refractivity contribution in [2.24, 2.45) is 0 Å². The van der Waals surface area contributed by atoms with Crippen molar-refractivity contribution in [1.82, 2.24) is 14.7 Å². The van der Waals surface area contributed by atoms with Gasteiger partial charge in [0.1, 0.15) is 4.88 Å². The van der Waals surface area contributed by atoms with Crippen molar-refractivity contribution < 1.29 is 4.79 Å². The fourth-order valence-corrected chi connectivity index (χ4v) is 4.06. The molecule has 6 nitrogen and oxygen atoms in total. The Kier molecular flexibility index (Phi) is 5.08. The summed E-state index contributed by atoms with van der Waals surface area (Å²) in [4.78, 5) is 32.5. The Morgan fingerprint density at radius 2 is 1.89 bits per heavy atom. The third-order valence-electron chi connectivity index (χ3n) is 4.58. The lowest BCUT2D eigenvalue weighted by Gasteiger charge is -2.19. The van der Waals surface area contributed by atoms with Gasteiger partial charge in [0.25, 0.3) is 11.5 Å². The van der Waals surface area contributed by atoms with Crippen molar-refractivity contribution in [3.05, 3.63) is 75.9 Å². The quantitative estimate of drug-likeness (QED) is 0.512. The second-order valence-corrected chi connectivity index (χ2v) is 7.54. The van der Waals surface area contributed by atoms with Crippen LogP contribution in [0, 0.1) is 0 Å². The van der Waals surface area contributed by atoms with E-state index >= 15 is 0 Å². The minimum Gasteiger partial charge on any atom is -0.375 e. The molecule has 4 aromatic rings. The minimum absolute atomic E-state index is 0.237. The van der Waals surface area contributed by atoms with Gasteiger partial charge in [0, 0.05) is 31.9 Å². The van der Waals surface area contributed by atoms with Gasteiger partial charge in [-0.2, -0.15) is 0 Å². The molecule has 1 N–H and O–H groups in total. The molecule has 0 aliphatic carbocycles. The summed E-state index contributed by atoms with van der Waals surface area (Å²) >= 11 is 1.23. The molecular formula is C21H20N4O2S. The van der Waals surface area contributed by atoms with Crippen molar-refractivity contribution in [3.8, 4) is 0 Å². The summed E-state index contributed by atoms with van der Waals surface area (Å²) in [7, 11) is 2.03. The molecule has 0 radical (unpaired) electrons. The van der Waals surface area contributed by atoms with Crippen LogP contribution < -0.4 is 15.8 Å². The zero-order valence-corrected chi connectivity index (χ0v) is 16.3. The molecule has 7 heteroatoms. The monoisotopic (exact) mass is 392 g/mol. The highest BCUT2D eigenvalue weighted by molar-refractivity contribution is 7.18. The predicted octanol–water partition coefficient (Wildman–Crippen LogP) is 3.17. The molecule has 0 fully saturated rings. The molecule has 0 saturated carbocycles. The minimum atomic E-state index is -0.239. The summed E-state index contributed by atoms with van der Waals surface area (Å²) in [6.07, 6.45) is 0.807. The number of amides is 1. The Morgan fingerprint density at radius 1 is 1.14 bits per heavy atom. The van der Waals surface area contributed by atoms with Gasteiger partial charge >= 0.3 is 0 Å². The molecule has 1 amide bonds. The Hall–Kier alpha value is -3.19. The molecule has 0 aliphatic rings. The molecule has 0 atom stereocenters. The predicted molar refractivity (Wildman–Crippen MR) is 114 cm³/mol. The van der Waals surface area contributed by atoms with Crippen LogP contribution in [-0.2, 0) is 0 Å². The van der Waals surface area contributed by atoms with E-state index in [1.54, 1.807) is 4.40 Å². The molecule has 2 aromatic carbocycles. The van der Waals surface area contributed by atoms with E-state index in [0.717, 1.165) is 29.7 Å². The van der Waals surface area contributed by atoms with E-state index in [0.29, 0.717) is 16.4 Å². The molecule has 0 saturated heterocycles. The van der Waals surface area contributed by atoms with Gasteiger partial charge in [-0.1, -0.05) is 41.7 Å². The van der Waals surface area contributed by atoms with Crippen LogP contribution in [0.2, 0.25) is 0 Å². The summed E-state index contributed by atoms with van der Waals surface area (Å²) in [6, 6.07) is 19.0. The van der Waals surface area contributed by atoms with Crippen LogP contribution >= 0.6 is 11.3 Å². The number of hydrogen-bond donors (Lipinski definition) is 1. The van der Waals surface area contributed by atoms with E-state index in [1.807, 2.05) is 49.5 Å². The first-order valence-electron chi connectivity index (χ1n) is 9.09. The number of carbonyl (C=O) groups excluding carboxylic acids is 1. The molecule has 0 aliphatic heterocycles. The molecule has 28 heavy (non-hydrogen) atoms. The summed E-state index contributed by atoms with van der Waals surface area (Å²) < 4.78 is 1.55. The fourth-order valence-electron chi connectivity index (χ4n) is 3.12. The van der Waals surface area contributed by atoms with Gasteiger partial charge in [-0.05, 0) is 30.7 Å². The normalized spacial score (nSPS) is 11.0. The second kappa shape index (κ2) is 7.82. The molecule has 2 aromatic heterocycles. The molecule has 4 rings (SSSR count). The van der Waals surface area contributed by atoms with Crippen LogP contribution in [0.25, 0.3) is 16.0 Å². The summed E-state index contributed by atoms with van der Waals surface area (Å²) in [5.41, 5.74) is 2.41. The van der Waals surface area contributed by atoms with Crippen molar-refractivity contribution >= 4 is 38.9 Å². The first kappa shape index (κ1) is 18.2. The van der Waals surface area contributed by atoms with Gasteiger partial charge in [-0.15, -0.1) is 0 Å². The van der Waals surface area contributed by atoms with Gasteiger partial charge in [-0.3, -0.25) is 14.0 Å². The van der Waals surface area contributed by atoms with Crippen LogP contribution in [0.5, 0.6) is 0 Å². The lowest BCUT2D eigenvalue weighted by molar-refractivity contribution is 0.0957. The first-order chi connectivity index (χ1) is 13.6. The van der Waals surface area contributed by atoms with Crippen LogP contribution in [0.15, 0.2) is 65.5 Å². The topological polar surface area (TPSA) is 66.7 Å². The number of rotatable bonds is 6. The average molecular weight is 392 g/mol. The number of fused-ring (bicyclic) bond motifs is 3. The number of hydrogen-bond acceptors (Lipinski definition) is 5. The number of carbonyl (C=O) groups is 1. The zero-order valence-electron chi connectivity index (χ0n) is 15.5. The van der Waals surface area contributed by atoms with Crippen LogP contribution in [0.1, 0.15) is 16.1 Å². The Balaban J connectivity index is 1.41. The zero-order chi connectivity index (χ0) is 19.5. The Labute approximate surface area is 166 Å². The van der Waals surface area contributed by atoms with Gasteiger partial charge in [0.2, 0.25) is 0 Å². The molecule has 0 unspecified atom stereocenters. The van der Waals surface area contributed by atoms with Crippen LogP contribution in [0.3, 0.4) is 0 Å². The molecule has 0 spiro atoms. The summed E-state index contributed by atoms with van der Waals surface area (Å²) in [5.74, 6) is -0.237. The number of aromatic nitrogens is 2. The van der Waals surface area contributed by atoms with Gasteiger partial charge < -0.3 is 10.2 Å². The maximum Gasteiger partial charge on any atom is 0.261 e. The Morgan fingerprint density at radius 3 is 2.71 bits per heavy atom. The highest BCUT2D eigenvalue weighted by atomic mass is 32.1. The average Bonchev–Trinajstić information content (AvgIpc) is 3.10. The van der Waals surface area contributed by atoms with Gasteiger partial charge in [0.05, 0.1) is 11.0 Å². The number of anilines is 1. The summed E-state index contributed by atoms with van der Waals surface area (Å²) in [5, 5.41) is 2.90. The smallest absolute Gasteiger partial charge is 0.261 e. The van der Waals surface area contributed by atoms with E-state index in [2.05, 4.69) is 27.3 Å².